The Morgan fingerprint density at radius 3 is 2.30 bits per heavy atom. The lowest BCUT2D eigenvalue weighted by Crippen LogP contribution is -2.61. The van der Waals surface area contributed by atoms with E-state index in [2.05, 4.69) is 17.3 Å². The number of carbonyl (C=O) groups is 1. The van der Waals surface area contributed by atoms with Gasteiger partial charge in [-0.25, -0.2) is 13.6 Å². The number of benzene rings is 3. The molecule has 0 radical (unpaired) electrons. The molecule has 2 amide bonds. The highest BCUT2D eigenvalue weighted by Crippen LogP contribution is 2.37. The largest absolute Gasteiger partial charge is 0.457 e. The summed E-state index contributed by atoms with van der Waals surface area (Å²) in [4.78, 5) is 16.7. The summed E-state index contributed by atoms with van der Waals surface area (Å²) in [5, 5.41) is 2.91. The number of likely N-dealkylation sites (tertiary alicyclic amines) is 1. The molecule has 0 aromatic heterocycles. The highest BCUT2D eigenvalue weighted by molar-refractivity contribution is 5.90. The van der Waals surface area contributed by atoms with Gasteiger partial charge in [-0.3, -0.25) is 4.90 Å². The fourth-order valence-corrected chi connectivity index (χ4v) is 4.57. The summed E-state index contributed by atoms with van der Waals surface area (Å²) in [6.45, 7) is 1.31. The summed E-state index contributed by atoms with van der Waals surface area (Å²) in [6.07, 6.45) is 1.87. The van der Waals surface area contributed by atoms with Crippen LogP contribution in [0.1, 0.15) is 23.6 Å². The fourth-order valence-electron chi connectivity index (χ4n) is 4.57. The van der Waals surface area contributed by atoms with E-state index in [9.17, 15) is 13.6 Å². The lowest BCUT2D eigenvalue weighted by molar-refractivity contribution is 0.0514. The summed E-state index contributed by atoms with van der Waals surface area (Å²) in [7, 11) is 2.09. The Labute approximate surface area is 191 Å². The molecule has 33 heavy (non-hydrogen) atoms. The number of urea groups is 1. The van der Waals surface area contributed by atoms with E-state index in [1.165, 1.54) is 23.8 Å². The first-order valence-corrected chi connectivity index (χ1v) is 11.1. The van der Waals surface area contributed by atoms with Crippen LogP contribution in [0, 0.1) is 11.6 Å². The smallest absolute Gasteiger partial charge is 0.321 e. The topological polar surface area (TPSA) is 44.8 Å². The average molecular weight is 450 g/mol. The molecule has 7 heteroatoms. The van der Waals surface area contributed by atoms with Crippen molar-refractivity contribution in [3.8, 4) is 11.5 Å². The number of ether oxygens (including phenoxy) is 1. The number of likely N-dealkylation sites (N-methyl/N-ethyl adjacent to an activating group) is 1. The molecule has 170 valence electrons. The van der Waals surface area contributed by atoms with Crippen LogP contribution in [0.15, 0.2) is 66.7 Å². The van der Waals surface area contributed by atoms with E-state index >= 15 is 0 Å². The second-order valence-corrected chi connectivity index (χ2v) is 8.63. The number of nitrogens with zero attached hydrogens (tertiary/aromatic N) is 2. The van der Waals surface area contributed by atoms with Gasteiger partial charge in [-0.15, -0.1) is 0 Å². The maximum atomic E-state index is 13.5. The molecule has 5 nitrogen and oxygen atoms in total. The Morgan fingerprint density at radius 1 is 0.970 bits per heavy atom. The minimum atomic E-state index is -0.316. The van der Waals surface area contributed by atoms with E-state index in [1.54, 1.807) is 47.4 Å². The molecule has 2 aliphatic rings. The van der Waals surface area contributed by atoms with Gasteiger partial charge >= 0.3 is 6.03 Å². The van der Waals surface area contributed by atoms with Gasteiger partial charge in [0.15, 0.2) is 0 Å². The third-order valence-corrected chi connectivity index (χ3v) is 6.52. The van der Waals surface area contributed by atoms with Crippen LogP contribution in [0.2, 0.25) is 0 Å². The van der Waals surface area contributed by atoms with E-state index in [0.717, 1.165) is 18.4 Å². The molecule has 3 aromatic carbocycles. The number of anilines is 1. The first kappa shape index (κ1) is 21.4. The zero-order chi connectivity index (χ0) is 22.9. The molecule has 1 fully saturated rings. The predicted octanol–water partition coefficient (Wildman–Crippen LogP) is 5.59. The van der Waals surface area contributed by atoms with E-state index in [0.29, 0.717) is 30.3 Å². The molecule has 1 aliphatic heterocycles. The maximum absolute atomic E-state index is 13.5. The first-order chi connectivity index (χ1) is 16.0. The fraction of sp³-hybridized carbons (Fsp3) is 0.269. The highest BCUT2D eigenvalue weighted by atomic mass is 19.1. The van der Waals surface area contributed by atoms with E-state index in [4.69, 9.17) is 4.74 Å². The molecule has 0 bridgehead atoms. The molecule has 1 atom stereocenters. The number of fused-ring (bicyclic) bond motifs is 1. The zero-order valence-electron chi connectivity index (χ0n) is 18.3. The lowest BCUT2D eigenvalue weighted by Gasteiger charge is -2.46. The number of amides is 2. The SMILES string of the molecule is CN(C1CN(C(=O)Nc2ccc(Oc3ccc(F)cc3)cc2)C1)C1CCc2cc(F)ccc21. The number of halogens is 2. The van der Waals surface area contributed by atoms with Crippen molar-refractivity contribution in [1.29, 1.82) is 0 Å². The Hall–Kier alpha value is -3.45. The number of hydrogen-bond acceptors (Lipinski definition) is 3. The van der Waals surface area contributed by atoms with Gasteiger partial charge in [-0.1, -0.05) is 6.07 Å². The molecule has 3 aromatic rings. The van der Waals surface area contributed by atoms with E-state index in [-0.39, 0.29) is 29.7 Å². The third-order valence-electron chi connectivity index (χ3n) is 6.52. The quantitative estimate of drug-likeness (QED) is 0.552. The van der Waals surface area contributed by atoms with Gasteiger partial charge in [0.1, 0.15) is 23.1 Å². The van der Waals surface area contributed by atoms with Gasteiger partial charge in [-0.2, -0.15) is 0 Å². The second kappa shape index (κ2) is 8.83. The van der Waals surface area contributed by atoms with Gasteiger partial charge in [0, 0.05) is 30.9 Å². The van der Waals surface area contributed by atoms with Crippen LogP contribution >= 0.6 is 0 Å². The zero-order valence-corrected chi connectivity index (χ0v) is 18.3. The van der Waals surface area contributed by atoms with Crippen LogP contribution < -0.4 is 10.1 Å². The van der Waals surface area contributed by atoms with Crippen LogP contribution in [-0.2, 0) is 6.42 Å². The van der Waals surface area contributed by atoms with Gasteiger partial charge in [0.2, 0.25) is 0 Å². The summed E-state index contributed by atoms with van der Waals surface area (Å²) in [6, 6.07) is 18.3. The average Bonchev–Trinajstić information content (AvgIpc) is 3.18. The number of hydrogen-bond donors (Lipinski definition) is 1. The van der Waals surface area contributed by atoms with Crippen LogP contribution in [0.4, 0.5) is 19.3 Å². The highest BCUT2D eigenvalue weighted by Gasteiger charge is 2.38. The number of nitrogens with one attached hydrogen (secondary N) is 1. The van der Waals surface area contributed by atoms with Gasteiger partial charge in [0.05, 0.1) is 0 Å². The summed E-state index contributed by atoms with van der Waals surface area (Å²) in [5.41, 5.74) is 2.97. The van der Waals surface area contributed by atoms with E-state index < -0.39 is 0 Å². The second-order valence-electron chi connectivity index (χ2n) is 8.63. The first-order valence-electron chi connectivity index (χ1n) is 11.1. The molecule has 1 heterocycles. The Balaban J connectivity index is 1.12. The standard InChI is InChI=1S/C26H25F2N3O2/c1-30(25-13-2-17-14-19(28)5-12-24(17)25)21-15-31(16-21)26(32)29-20-6-10-23(11-7-20)33-22-8-3-18(27)4-9-22/h3-12,14,21,25H,2,13,15-16H2,1H3,(H,29,32). The summed E-state index contributed by atoms with van der Waals surface area (Å²) >= 11 is 0. The number of aryl methyl sites for hydroxylation is 1. The summed E-state index contributed by atoms with van der Waals surface area (Å²) < 4.78 is 32.2. The minimum absolute atomic E-state index is 0.138. The van der Waals surface area contributed by atoms with Gasteiger partial charge < -0.3 is 15.0 Å². The van der Waals surface area contributed by atoms with Gasteiger partial charge in [-0.05, 0) is 91.7 Å². The number of rotatable bonds is 5. The van der Waals surface area contributed by atoms with Crippen molar-refractivity contribution in [2.75, 3.05) is 25.5 Å². The molecule has 5 rings (SSSR count). The normalized spacial score (nSPS) is 17.6. The minimum Gasteiger partial charge on any atom is -0.457 e. The van der Waals surface area contributed by atoms with Crippen LogP contribution in [-0.4, -0.2) is 42.0 Å². The summed E-state index contributed by atoms with van der Waals surface area (Å²) in [5.74, 6) is 0.641. The molecule has 1 aliphatic carbocycles. The van der Waals surface area contributed by atoms with Gasteiger partial charge in [0.25, 0.3) is 0 Å². The predicted molar refractivity (Wildman–Crippen MR) is 123 cm³/mol. The Bertz CT molecular complexity index is 1150. The molecule has 1 N–H and O–H groups in total. The van der Waals surface area contributed by atoms with Crippen molar-refractivity contribution in [2.45, 2.75) is 24.9 Å². The van der Waals surface area contributed by atoms with Crippen molar-refractivity contribution in [3.05, 3.63) is 89.5 Å². The van der Waals surface area contributed by atoms with Crippen molar-refractivity contribution in [1.82, 2.24) is 9.80 Å². The number of carbonyl (C=O) groups excluding carboxylic acids is 1. The molecule has 1 saturated heterocycles. The molecular formula is C26H25F2N3O2. The Kier molecular flexibility index (Phi) is 5.72. The van der Waals surface area contributed by atoms with Crippen LogP contribution in [0.25, 0.3) is 0 Å². The maximum Gasteiger partial charge on any atom is 0.321 e. The third kappa shape index (κ3) is 4.54. The lowest BCUT2D eigenvalue weighted by atomic mass is 10.0. The molecule has 1 unspecified atom stereocenters. The van der Waals surface area contributed by atoms with Crippen molar-refractivity contribution < 1.29 is 18.3 Å². The molecule has 0 spiro atoms. The molecular weight excluding hydrogens is 424 g/mol. The Morgan fingerprint density at radius 2 is 1.61 bits per heavy atom. The molecule has 0 saturated carbocycles. The van der Waals surface area contributed by atoms with Crippen molar-refractivity contribution >= 4 is 11.7 Å². The van der Waals surface area contributed by atoms with E-state index in [1.807, 2.05) is 6.07 Å². The van der Waals surface area contributed by atoms with Crippen molar-refractivity contribution in [3.63, 3.8) is 0 Å². The van der Waals surface area contributed by atoms with Crippen LogP contribution in [0.3, 0.4) is 0 Å². The van der Waals surface area contributed by atoms with Crippen molar-refractivity contribution in [2.24, 2.45) is 0 Å². The van der Waals surface area contributed by atoms with Crippen LogP contribution in [0.5, 0.6) is 11.5 Å². The monoisotopic (exact) mass is 449 g/mol.